The number of aryl methyl sites for hydroxylation is 1. The Balaban J connectivity index is 1.73. The van der Waals surface area contributed by atoms with Crippen LogP contribution in [0.5, 0.6) is 0 Å². The molecule has 35 heavy (non-hydrogen) atoms. The van der Waals surface area contributed by atoms with E-state index in [0.29, 0.717) is 39.1 Å². The fourth-order valence-corrected chi connectivity index (χ4v) is 5.12. The number of halogens is 1. The Morgan fingerprint density at radius 2 is 1.54 bits per heavy atom. The van der Waals surface area contributed by atoms with E-state index in [1.807, 2.05) is 60.7 Å². The molecular weight excluding hydrogens is 490 g/mol. The molecule has 0 spiro atoms. The molecule has 0 radical (unpaired) electrons. The SMILES string of the molecule is O=C(N[C@@H](CCc1ccccc1)CS(=O)(=O)CCl)C(Cc1ccccc1)NC(=O)N1CCOCC1. The summed E-state index contributed by atoms with van der Waals surface area (Å²) in [7, 11) is -3.55. The van der Waals surface area contributed by atoms with E-state index in [1.54, 1.807) is 4.90 Å². The first-order valence-corrected chi connectivity index (χ1v) is 14.0. The highest BCUT2D eigenvalue weighted by Gasteiger charge is 2.28. The zero-order valence-corrected chi connectivity index (χ0v) is 21.1. The van der Waals surface area contributed by atoms with E-state index in [-0.39, 0.29) is 18.2 Å². The molecule has 3 amide bonds. The van der Waals surface area contributed by atoms with Crippen molar-refractivity contribution < 1.29 is 22.7 Å². The van der Waals surface area contributed by atoms with Crippen LogP contribution < -0.4 is 10.6 Å². The predicted molar refractivity (Wildman–Crippen MR) is 136 cm³/mol. The van der Waals surface area contributed by atoms with Crippen molar-refractivity contribution in [2.75, 3.05) is 37.3 Å². The first-order valence-electron chi connectivity index (χ1n) is 11.6. The molecule has 10 heteroatoms. The second-order valence-corrected chi connectivity index (χ2v) is 11.2. The molecule has 8 nitrogen and oxygen atoms in total. The summed E-state index contributed by atoms with van der Waals surface area (Å²) in [6.45, 7) is 1.78. The van der Waals surface area contributed by atoms with E-state index in [0.717, 1.165) is 11.1 Å². The van der Waals surface area contributed by atoms with Crippen molar-refractivity contribution in [2.45, 2.75) is 31.3 Å². The summed E-state index contributed by atoms with van der Waals surface area (Å²) < 4.78 is 29.9. The lowest BCUT2D eigenvalue weighted by atomic mass is 10.0. The highest BCUT2D eigenvalue weighted by molar-refractivity contribution is 7.92. The average molecular weight is 522 g/mol. The van der Waals surface area contributed by atoms with Gasteiger partial charge in [-0.3, -0.25) is 4.79 Å². The van der Waals surface area contributed by atoms with Crippen LogP contribution in [-0.4, -0.2) is 74.6 Å². The molecule has 1 fully saturated rings. The summed E-state index contributed by atoms with van der Waals surface area (Å²) in [6.07, 6.45) is 1.28. The number of benzene rings is 2. The summed E-state index contributed by atoms with van der Waals surface area (Å²) in [5.74, 6) is -0.705. The number of ether oxygens (including phenoxy) is 1. The van der Waals surface area contributed by atoms with Crippen molar-refractivity contribution in [3.63, 3.8) is 0 Å². The molecule has 2 N–H and O–H groups in total. The third-order valence-corrected chi connectivity index (χ3v) is 8.03. The van der Waals surface area contributed by atoms with Gasteiger partial charge in [-0.2, -0.15) is 0 Å². The number of nitrogens with one attached hydrogen (secondary N) is 2. The number of rotatable bonds is 11. The Kier molecular flexibility index (Phi) is 10.4. The number of hydrogen-bond donors (Lipinski definition) is 2. The lowest BCUT2D eigenvalue weighted by Crippen LogP contribution is -2.56. The molecule has 1 aliphatic rings. The molecular formula is C25H32ClN3O5S. The zero-order chi connectivity index (χ0) is 25.1. The Morgan fingerprint density at radius 3 is 2.14 bits per heavy atom. The quantitative estimate of drug-likeness (QED) is 0.442. The van der Waals surface area contributed by atoms with Gasteiger partial charge in [0.1, 0.15) is 11.3 Å². The minimum Gasteiger partial charge on any atom is -0.378 e. The lowest BCUT2D eigenvalue weighted by Gasteiger charge is -2.30. The second kappa shape index (κ2) is 13.5. The summed E-state index contributed by atoms with van der Waals surface area (Å²) in [5.41, 5.74) is 1.92. The average Bonchev–Trinajstić information content (AvgIpc) is 2.88. The standard InChI is InChI=1S/C25H32ClN3O5S/c26-19-35(32,33)18-22(12-11-20-7-3-1-4-8-20)27-24(30)23(17-21-9-5-2-6-10-21)28-25(31)29-13-15-34-16-14-29/h1-10,22-23H,11-19H2,(H,27,30)(H,28,31)/t22-,23?/m0/s1. The zero-order valence-electron chi connectivity index (χ0n) is 19.6. The van der Waals surface area contributed by atoms with Crippen LogP contribution in [0.4, 0.5) is 4.79 Å². The summed E-state index contributed by atoms with van der Waals surface area (Å²) in [4.78, 5) is 27.8. The Morgan fingerprint density at radius 1 is 0.943 bits per heavy atom. The van der Waals surface area contributed by atoms with Gasteiger partial charge >= 0.3 is 6.03 Å². The van der Waals surface area contributed by atoms with Crippen LogP contribution in [0.3, 0.4) is 0 Å². The highest BCUT2D eigenvalue weighted by atomic mass is 35.5. The number of carbonyl (C=O) groups is 2. The van der Waals surface area contributed by atoms with Gasteiger partial charge in [-0.25, -0.2) is 13.2 Å². The smallest absolute Gasteiger partial charge is 0.318 e. The maximum absolute atomic E-state index is 13.4. The van der Waals surface area contributed by atoms with Crippen molar-refractivity contribution >= 4 is 33.4 Å². The first kappa shape index (κ1) is 27.0. The molecule has 190 valence electrons. The fourth-order valence-electron chi connectivity index (χ4n) is 3.90. The summed E-state index contributed by atoms with van der Waals surface area (Å²) in [6, 6.07) is 17.1. The molecule has 0 aliphatic carbocycles. The summed E-state index contributed by atoms with van der Waals surface area (Å²) >= 11 is 5.64. The van der Waals surface area contributed by atoms with Crippen molar-refractivity contribution in [1.29, 1.82) is 0 Å². The van der Waals surface area contributed by atoms with Crippen molar-refractivity contribution in [1.82, 2.24) is 15.5 Å². The van der Waals surface area contributed by atoms with Gasteiger partial charge in [0.2, 0.25) is 5.91 Å². The van der Waals surface area contributed by atoms with Crippen molar-refractivity contribution in [2.24, 2.45) is 0 Å². The summed E-state index contributed by atoms with van der Waals surface area (Å²) in [5, 5.41) is 5.18. The van der Waals surface area contributed by atoms with Crippen LogP contribution >= 0.6 is 11.6 Å². The number of morpholine rings is 1. The van der Waals surface area contributed by atoms with Gasteiger partial charge in [0, 0.05) is 25.6 Å². The number of carbonyl (C=O) groups excluding carboxylic acids is 2. The molecule has 2 atom stereocenters. The lowest BCUT2D eigenvalue weighted by molar-refractivity contribution is -0.123. The molecule has 1 heterocycles. The Bertz CT molecular complexity index is 1050. The van der Waals surface area contributed by atoms with Gasteiger partial charge in [0.05, 0.1) is 19.0 Å². The minimum absolute atomic E-state index is 0.273. The number of alkyl halides is 1. The molecule has 2 aromatic rings. The number of hydrogen-bond acceptors (Lipinski definition) is 5. The monoisotopic (exact) mass is 521 g/mol. The predicted octanol–water partition coefficient (Wildman–Crippen LogP) is 2.37. The molecule has 2 aromatic carbocycles. The van der Waals surface area contributed by atoms with Crippen LogP contribution in [0.15, 0.2) is 60.7 Å². The van der Waals surface area contributed by atoms with E-state index < -0.39 is 33.0 Å². The second-order valence-electron chi connectivity index (χ2n) is 8.54. The first-order chi connectivity index (χ1) is 16.9. The maximum atomic E-state index is 13.4. The molecule has 1 saturated heterocycles. The van der Waals surface area contributed by atoms with Crippen LogP contribution in [0.25, 0.3) is 0 Å². The van der Waals surface area contributed by atoms with E-state index >= 15 is 0 Å². The van der Waals surface area contributed by atoms with Crippen molar-refractivity contribution in [3.05, 3.63) is 71.8 Å². The van der Waals surface area contributed by atoms with E-state index in [4.69, 9.17) is 16.3 Å². The van der Waals surface area contributed by atoms with E-state index in [1.165, 1.54) is 0 Å². The van der Waals surface area contributed by atoms with Gasteiger partial charge in [-0.15, -0.1) is 11.6 Å². The topological polar surface area (TPSA) is 105 Å². The van der Waals surface area contributed by atoms with Crippen LogP contribution in [-0.2, 0) is 32.2 Å². The fraction of sp³-hybridized carbons (Fsp3) is 0.440. The van der Waals surface area contributed by atoms with Gasteiger partial charge in [-0.1, -0.05) is 60.7 Å². The van der Waals surface area contributed by atoms with Gasteiger partial charge in [0.25, 0.3) is 0 Å². The Hall–Kier alpha value is -2.62. The normalized spacial score (nSPS) is 15.7. The number of amides is 3. The molecule has 0 saturated carbocycles. The van der Waals surface area contributed by atoms with Crippen molar-refractivity contribution in [3.8, 4) is 0 Å². The highest BCUT2D eigenvalue weighted by Crippen LogP contribution is 2.11. The molecule has 0 aromatic heterocycles. The third-order valence-electron chi connectivity index (χ3n) is 5.79. The molecule has 1 aliphatic heterocycles. The number of nitrogens with zero attached hydrogens (tertiary/aromatic N) is 1. The Labute approximate surface area is 211 Å². The molecule has 0 bridgehead atoms. The number of sulfone groups is 1. The van der Waals surface area contributed by atoms with Crippen LogP contribution in [0.1, 0.15) is 17.5 Å². The minimum atomic E-state index is -3.55. The molecule has 1 unspecified atom stereocenters. The largest absolute Gasteiger partial charge is 0.378 e. The van der Waals surface area contributed by atoms with E-state index in [2.05, 4.69) is 10.6 Å². The van der Waals surface area contributed by atoms with E-state index in [9.17, 15) is 18.0 Å². The third kappa shape index (κ3) is 9.16. The number of urea groups is 1. The van der Waals surface area contributed by atoms with Gasteiger partial charge in [0.15, 0.2) is 9.84 Å². The molecule has 3 rings (SSSR count). The maximum Gasteiger partial charge on any atom is 0.318 e. The van der Waals surface area contributed by atoms with Gasteiger partial charge < -0.3 is 20.3 Å². The van der Waals surface area contributed by atoms with Crippen LogP contribution in [0, 0.1) is 0 Å². The van der Waals surface area contributed by atoms with Crippen LogP contribution in [0.2, 0.25) is 0 Å². The van der Waals surface area contributed by atoms with Gasteiger partial charge in [-0.05, 0) is 24.0 Å².